The zero-order valence-electron chi connectivity index (χ0n) is 11.1. The number of carboxylic acid groups (broad SMARTS) is 2. The smallest absolute Gasteiger partial charge is 0.326 e. The molecule has 1 aromatic carbocycles. The summed E-state index contributed by atoms with van der Waals surface area (Å²) < 4.78 is 0. The molecule has 8 nitrogen and oxygen atoms in total. The first kappa shape index (κ1) is 16.2. The molecule has 0 fully saturated rings. The summed E-state index contributed by atoms with van der Waals surface area (Å²) in [4.78, 5) is 44.0. The zero-order chi connectivity index (χ0) is 16.0. The minimum atomic E-state index is -1.51. The van der Waals surface area contributed by atoms with Crippen molar-refractivity contribution in [1.29, 1.82) is 0 Å². The number of hydrogen-bond acceptors (Lipinski definition) is 4. The molecule has 0 aliphatic carbocycles. The Bertz CT molecular complexity index is 567. The number of amides is 2. The Labute approximate surface area is 119 Å². The van der Waals surface area contributed by atoms with E-state index in [4.69, 9.17) is 10.2 Å². The second-order valence-corrected chi connectivity index (χ2v) is 4.22. The lowest BCUT2D eigenvalue weighted by atomic mass is 10.1. The highest BCUT2D eigenvalue weighted by Gasteiger charge is 2.23. The van der Waals surface area contributed by atoms with Gasteiger partial charge in [0.2, 0.25) is 5.91 Å². The van der Waals surface area contributed by atoms with Crippen LogP contribution in [0.3, 0.4) is 0 Å². The van der Waals surface area contributed by atoms with Crippen LogP contribution < -0.4 is 10.6 Å². The van der Waals surface area contributed by atoms with Gasteiger partial charge < -0.3 is 20.8 Å². The molecule has 0 radical (unpaired) electrons. The fourth-order valence-corrected chi connectivity index (χ4v) is 1.52. The van der Waals surface area contributed by atoms with Crippen molar-refractivity contribution in [3.05, 3.63) is 29.8 Å². The molecule has 0 aromatic heterocycles. The van der Waals surface area contributed by atoms with Crippen molar-refractivity contribution in [1.82, 2.24) is 5.32 Å². The van der Waals surface area contributed by atoms with Crippen molar-refractivity contribution in [2.45, 2.75) is 19.4 Å². The van der Waals surface area contributed by atoms with Crippen LogP contribution in [0.5, 0.6) is 0 Å². The molecule has 0 saturated heterocycles. The first-order valence-electron chi connectivity index (χ1n) is 5.92. The summed E-state index contributed by atoms with van der Waals surface area (Å²) >= 11 is 0. The Morgan fingerprint density at radius 1 is 1.10 bits per heavy atom. The maximum Gasteiger partial charge on any atom is 0.326 e. The quantitative estimate of drug-likeness (QED) is 0.596. The number of nitrogens with one attached hydrogen (secondary N) is 2. The van der Waals surface area contributed by atoms with Crippen LogP contribution in [-0.4, -0.2) is 40.0 Å². The Balaban J connectivity index is 2.76. The highest BCUT2D eigenvalue weighted by molar-refractivity contribution is 5.98. The van der Waals surface area contributed by atoms with Gasteiger partial charge in [0.15, 0.2) is 0 Å². The Hall–Kier alpha value is -2.90. The van der Waals surface area contributed by atoms with Gasteiger partial charge in [-0.25, -0.2) is 4.79 Å². The number of benzene rings is 1. The first-order valence-corrected chi connectivity index (χ1v) is 5.92. The number of anilines is 1. The minimum absolute atomic E-state index is 0.153. The van der Waals surface area contributed by atoms with E-state index in [1.165, 1.54) is 31.2 Å². The number of carbonyl (C=O) groups excluding carboxylic acids is 2. The van der Waals surface area contributed by atoms with E-state index < -0.39 is 30.3 Å². The standard InChI is InChI=1S/C13H14N2O6/c1-7(16)14-9-4-2-8(3-5-9)12(19)15-10(13(20)21)6-11(17)18/h2-5,10H,6H2,1H3,(H,14,16)(H,15,19)(H,17,18)(H,20,21). The fraction of sp³-hybridized carbons (Fsp3) is 0.231. The van der Waals surface area contributed by atoms with Crippen molar-refractivity contribution in [2.24, 2.45) is 0 Å². The van der Waals surface area contributed by atoms with E-state index in [2.05, 4.69) is 10.6 Å². The van der Waals surface area contributed by atoms with Crippen molar-refractivity contribution < 1.29 is 29.4 Å². The maximum absolute atomic E-state index is 11.8. The molecule has 2 amide bonds. The van der Waals surface area contributed by atoms with Crippen LogP contribution >= 0.6 is 0 Å². The Morgan fingerprint density at radius 2 is 1.67 bits per heavy atom. The topological polar surface area (TPSA) is 133 Å². The molecule has 0 aliphatic heterocycles. The fourth-order valence-electron chi connectivity index (χ4n) is 1.52. The molecule has 0 saturated carbocycles. The normalized spacial score (nSPS) is 11.3. The van der Waals surface area contributed by atoms with Crippen LogP contribution in [0.2, 0.25) is 0 Å². The minimum Gasteiger partial charge on any atom is -0.481 e. The van der Waals surface area contributed by atoms with E-state index in [0.29, 0.717) is 5.69 Å². The van der Waals surface area contributed by atoms with Crippen molar-refractivity contribution >= 4 is 29.4 Å². The van der Waals surface area contributed by atoms with Gasteiger partial charge in [-0.05, 0) is 24.3 Å². The number of carboxylic acids is 2. The molecular formula is C13H14N2O6. The molecule has 1 rings (SSSR count). The van der Waals surface area contributed by atoms with Crippen molar-refractivity contribution in [2.75, 3.05) is 5.32 Å². The van der Waals surface area contributed by atoms with Gasteiger partial charge in [-0.2, -0.15) is 0 Å². The lowest BCUT2D eigenvalue weighted by Gasteiger charge is -2.12. The molecule has 1 aromatic rings. The van der Waals surface area contributed by atoms with Gasteiger partial charge in [-0.15, -0.1) is 0 Å². The Morgan fingerprint density at radius 3 is 2.10 bits per heavy atom. The number of hydrogen-bond donors (Lipinski definition) is 4. The monoisotopic (exact) mass is 294 g/mol. The summed E-state index contributed by atoms with van der Waals surface area (Å²) in [5.41, 5.74) is 0.639. The van der Waals surface area contributed by atoms with Gasteiger partial charge in [0.05, 0.1) is 6.42 Å². The van der Waals surface area contributed by atoms with E-state index in [9.17, 15) is 19.2 Å². The Kier molecular flexibility index (Phi) is 5.41. The average molecular weight is 294 g/mol. The highest BCUT2D eigenvalue weighted by Crippen LogP contribution is 2.10. The SMILES string of the molecule is CC(=O)Nc1ccc(C(=O)NC(CC(=O)O)C(=O)O)cc1. The molecular weight excluding hydrogens is 280 g/mol. The van der Waals surface area contributed by atoms with E-state index in [1.807, 2.05) is 0 Å². The van der Waals surface area contributed by atoms with Crippen LogP contribution in [0, 0.1) is 0 Å². The summed E-state index contributed by atoms with van der Waals surface area (Å²) in [6.45, 7) is 1.34. The van der Waals surface area contributed by atoms with Gasteiger partial charge in [0.25, 0.3) is 5.91 Å². The molecule has 0 bridgehead atoms. The molecule has 112 valence electrons. The van der Waals surface area contributed by atoms with Gasteiger partial charge in [-0.3, -0.25) is 14.4 Å². The third-order valence-corrected chi connectivity index (χ3v) is 2.45. The zero-order valence-corrected chi connectivity index (χ0v) is 11.1. The average Bonchev–Trinajstić information content (AvgIpc) is 2.37. The number of aliphatic carboxylic acids is 2. The maximum atomic E-state index is 11.8. The second kappa shape index (κ2) is 7.04. The summed E-state index contributed by atoms with van der Waals surface area (Å²) in [6.07, 6.45) is -0.717. The van der Waals surface area contributed by atoms with E-state index in [0.717, 1.165) is 0 Å². The summed E-state index contributed by atoms with van der Waals surface area (Å²) in [5.74, 6) is -3.73. The van der Waals surface area contributed by atoms with Gasteiger partial charge in [0, 0.05) is 18.2 Å². The van der Waals surface area contributed by atoms with E-state index in [1.54, 1.807) is 0 Å². The molecule has 1 unspecified atom stereocenters. The predicted octanol–water partition coefficient (Wildman–Crippen LogP) is 0.303. The molecule has 21 heavy (non-hydrogen) atoms. The lowest BCUT2D eigenvalue weighted by Crippen LogP contribution is -2.42. The van der Waals surface area contributed by atoms with Gasteiger partial charge in [0.1, 0.15) is 6.04 Å². The van der Waals surface area contributed by atoms with Crippen LogP contribution in [0.4, 0.5) is 5.69 Å². The van der Waals surface area contributed by atoms with Crippen molar-refractivity contribution in [3.63, 3.8) is 0 Å². The van der Waals surface area contributed by atoms with E-state index in [-0.39, 0.29) is 11.5 Å². The molecule has 0 aliphatic rings. The summed E-state index contributed by atoms with van der Waals surface area (Å²) in [5, 5.41) is 22.0. The summed E-state index contributed by atoms with van der Waals surface area (Å²) in [6, 6.07) is 4.22. The molecule has 1 atom stereocenters. The molecule has 0 spiro atoms. The second-order valence-electron chi connectivity index (χ2n) is 4.22. The van der Waals surface area contributed by atoms with Gasteiger partial charge in [-0.1, -0.05) is 0 Å². The predicted molar refractivity (Wildman–Crippen MR) is 71.9 cm³/mol. The van der Waals surface area contributed by atoms with E-state index >= 15 is 0 Å². The van der Waals surface area contributed by atoms with Crippen LogP contribution in [0.25, 0.3) is 0 Å². The summed E-state index contributed by atoms with van der Waals surface area (Å²) in [7, 11) is 0. The number of carbonyl (C=O) groups is 4. The number of rotatable bonds is 6. The largest absolute Gasteiger partial charge is 0.481 e. The van der Waals surface area contributed by atoms with Crippen LogP contribution in [0.1, 0.15) is 23.7 Å². The molecule has 8 heteroatoms. The van der Waals surface area contributed by atoms with Crippen LogP contribution in [-0.2, 0) is 14.4 Å². The molecule has 4 N–H and O–H groups in total. The van der Waals surface area contributed by atoms with Crippen molar-refractivity contribution in [3.8, 4) is 0 Å². The van der Waals surface area contributed by atoms with Gasteiger partial charge >= 0.3 is 11.9 Å². The highest BCUT2D eigenvalue weighted by atomic mass is 16.4. The third-order valence-electron chi connectivity index (χ3n) is 2.45. The van der Waals surface area contributed by atoms with Crippen LogP contribution in [0.15, 0.2) is 24.3 Å². The lowest BCUT2D eigenvalue weighted by molar-refractivity contribution is -0.145. The molecule has 0 heterocycles. The third kappa shape index (κ3) is 5.31. The first-order chi connectivity index (χ1) is 9.79.